The number of nitrogens with one attached hydrogen (secondary N) is 2. The summed E-state index contributed by atoms with van der Waals surface area (Å²) < 4.78 is 5.04. The number of anilines is 1. The minimum Gasteiger partial charge on any atom is -0.383 e. The van der Waals surface area contributed by atoms with Crippen LogP contribution in [-0.4, -0.2) is 52.9 Å². The van der Waals surface area contributed by atoms with Crippen LogP contribution in [0.2, 0.25) is 5.02 Å². The van der Waals surface area contributed by atoms with E-state index in [1.165, 1.54) is 17.7 Å². The van der Waals surface area contributed by atoms with Crippen molar-refractivity contribution < 1.29 is 4.74 Å². The molecule has 1 fully saturated rings. The molecule has 0 aromatic heterocycles. The molecule has 0 amide bonds. The molecule has 0 saturated carbocycles. The molecule has 0 radical (unpaired) electrons. The normalized spacial score (nSPS) is 17.6. The lowest BCUT2D eigenvalue weighted by atomic mass is 10.1. The third-order valence-corrected chi connectivity index (χ3v) is 4.41. The fourth-order valence-corrected chi connectivity index (χ4v) is 3.04. The van der Waals surface area contributed by atoms with E-state index in [0.29, 0.717) is 12.5 Å². The third kappa shape index (κ3) is 6.29. The lowest BCUT2D eigenvalue weighted by Gasteiger charge is -2.21. The maximum Gasteiger partial charge on any atom is 0.191 e. The molecule has 0 aliphatic carbocycles. The molecule has 1 heterocycles. The standard InChI is InChI=1S/C17H27ClN4O.HI/c1-13-4-5-15(18)10-16(13)22-8-6-14(12-22)11-21-17(19-2)20-7-9-23-3;/h4-5,10,14H,6-9,11-12H2,1-3H3,(H2,19,20,21);1H. The molecule has 24 heavy (non-hydrogen) atoms. The van der Waals surface area contributed by atoms with Gasteiger partial charge in [0.25, 0.3) is 0 Å². The van der Waals surface area contributed by atoms with Crippen LogP contribution in [0.15, 0.2) is 23.2 Å². The van der Waals surface area contributed by atoms with Crippen LogP contribution < -0.4 is 15.5 Å². The Labute approximate surface area is 167 Å². The van der Waals surface area contributed by atoms with E-state index in [1.54, 1.807) is 14.2 Å². The van der Waals surface area contributed by atoms with Crippen molar-refractivity contribution in [1.82, 2.24) is 10.6 Å². The highest BCUT2D eigenvalue weighted by Crippen LogP contribution is 2.29. The first-order chi connectivity index (χ1) is 11.1. The predicted octanol–water partition coefficient (Wildman–Crippen LogP) is 2.90. The Morgan fingerprint density at radius 1 is 1.42 bits per heavy atom. The first-order valence-corrected chi connectivity index (χ1v) is 8.46. The number of halogens is 2. The number of benzene rings is 1. The van der Waals surface area contributed by atoms with Crippen LogP contribution >= 0.6 is 35.6 Å². The average Bonchev–Trinajstić information content (AvgIpc) is 3.02. The van der Waals surface area contributed by atoms with E-state index in [4.69, 9.17) is 16.3 Å². The van der Waals surface area contributed by atoms with Gasteiger partial charge in [0, 0.05) is 51.0 Å². The van der Waals surface area contributed by atoms with Crippen molar-refractivity contribution >= 4 is 47.2 Å². The van der Waals surface area contributed by atoms with Gasteiger partial charge in [0.15, 0.2) is 5.96 Å². The van der Waals surface area contributed by atoms with Crippen LogP contribution in [0.25, 0.3) is 0 Å². The molecule has 1 aromatic carbocycles. The van der Waals surface area contributed by atoms with E-state index in [9.17, 15) is 0 Å². The summed E-state index contributed by atoms with van der Waals surface area (Å²) >= 11 is 6.14. The Hall–Kier alpha value is -0.730. The van der Waals surface area contributed by atoms with Gasteiger partial charge in [-0.2, -0.15) is 0 Å². The minimum absolute atomic E-state index is 0. The van der Waals surface area contributed by atoms with Gasteiger partial charge in [0.2, 0.25) is 0 Å². The third-order valence-electron chi connectivity index (χ3n) is 4.18. The summed E-state index contributed by atoms with van der Waals surface area (Å²) in [6.45, 7) is 6.61. The molecule has 0 bridgehead atoms. The first kappa shape index (κ1) is 21.3. The Kier molecular flexibility index (Phi) is 9.76. The zero-order valence-electron chi connectivity index (χ0n) is 14.6. The van der Waals surface area contributed by atoms with Crippen LogP contribution in [0.5, 0.6) is 0 Å². The molecule has 2 N–H and O–H groups in total. The van der Waals surface area contributed by atoms with E-state index in [0.717, 1.165) is 37.2 Å². The number of nitrogens with zero attached hydrogens (tertiary/aromatic N) is 2. The zero-order chi connectivity index (χ0) is 16.7. The van der Waals surface area contributed by atoms with E-state index >= 15 is 0 Å². The Balaban J connectivity index is 0.00000288. The van der Waals surface area contributed by atoms with Gasteiger partial charge < -0.3 is 20.3 Å². The van der Waals surface area contributed by atoms with Crippen LogP contribution in [0.4, 0.5) is 5.69 Å². The van der Waals surface area contributed by atoms with Crippen LogP contribution in [0.3, 0.4) is 0 Å². The summed E-state index contributed by atoms with van der Waals surface area (Å²) in [7, 11) is 3.49. The largest absolute Gasteiger partial charge is 0.383 e. The predicted molar refractivity (Wildman–Crippen MR) is 113 cm³/mol. The number of hydrogen-bond acceptors (Lipinski definition) is 3. The van der Waals surface area contributed by atoms with Crippen molar-refractivity contribution in [3.63, 3.8) is 0 Å². The van der Waals surface area contributed by atoms with Crippen molar-refractivity contribution in [3.8, 4) is 0 Å². The first-order valence-electron chi connectivity index (χ1n) is 8.08. The van der Waals surface area contributed by atoms with Crippen LogP contribution in [-0.2, 0) is 4.74 Å². The van der Waals surface area contributed by atoms with Gasteiger partial charge >= 0.3 is 0 Å². The van der Waals surface area contributed by atoms with Gasteiger partial charge in [-0.25, -0.2) is 0 Å². The van der Waals surface area contributed by atoms with E-state index in [1.807, 2.05) is 6.07 Å². The maximum atomic E-state index is 6.14. The molecular formula is C17H28ClIN4O. The number of methoxy groups -OCH3 is 1. The summed E-state index contributed by atoms with van der Waals surface area (Å²) in [4.78, 5) is 6.66. The molecule has 2 rings (SSSR count). The second-order valence-corrected chi connectivity index (χ2v) is 6.34. The van der Waals surface area contributed by atoms with Crippen LogP contribution in [0, 0.1) is 12.8 Å². The highest BCUT2D eigenvalue weighted by Gasteiger charge is 2.23. The van der Waals surface area contributed by atoms with E-state index < -0.39 is 0 Å². The Morgan fingerprint density at radius 3 is 2.92 bits per heavy atom. The fraction of sp³-hybridized carbons (Fsp3) is 0.588. The summed E-state index contributed by atoms with van der Waals surface area (Å²) in [5.41, 5.74) is 2.53. The average molecular weight is 467 g/mol. The van der Waals surface area contributed by atoms with Gasteiger partial charge in [0.1, 0.15) is 0 Å². The van der Waals surface area contributed by atoms with Gasteiger partial charge in [-0.3, -0.25) is 4.99 Å². The fourth-order valence-electron chi connectivity index (χ4n) is 2.87. The summed E-state index contributed by atoms with van der Waals surface area (Å²) in [6, 6.07) is 6.11. The number of aliphatic imine (C=N–C) groups is 1. The number of hydrogen-bond donors (Lipinski definition) is 2. The monoisotopic (exact) mass is 466 g/mol. The second-order valence-electron chi connectivity index (χ2n) is 5.90. The SMILES string of the molecule is CN=C(NCCOC)NCC1CCN(c2cc(Cl)ccc2C)C1.I. The van der Waals surface area contributed by atoms with Gasteiger partial charge in [-0.15, -0.1) is 24.0 Å². The number of guanidine groups is 1. The van der Waals surface area contributed by atoms with Gasteiger partial charge in [0.05, 0.1) is 6.61 Å². The van der Waals surface area contributed by atoms with E-state index in [-0.39, 0.29) is 24.0 Å². The molecule has 1 aromatic rings. The zero-order valence-corrected chi connectivity index (χ0v) is 17.7. The van der Waals surface area contributed by atoms with Crippen molar-refractivity contribution in [2.75, 3.05) is 51.8 Å². The molecular weight excluding hydrogens is 439 g/mol. The Morgan fingerprint density at radius 2 is 2.21 bits per heavy atom. The van der Waals surface area contributed by atoms with Crippen LogP contribution in [0.1, 0.15) is 12.0 Å². The number of ether oxygens (including phenoxy) is 1. The van der Waals surface area contributed by atoms with Crippen molar-refractivity contribution in [2.24, 2.45) is 10.9 Å². The molecule has 7 heteroatoms. The van der Waals surface area contributed by atoms with Gasteiger partial charge in [-0.05, 0) is 37.0 Å². The highest BCUT2D eigenvalue weighted by molar-refractivity contribution is 14.0. The summed E-state index contributed by atoms with van der Waals surface area (Å²) in [6.07, 6.45) is 1.17. The Bertz CT molecular complexity index is 541. The molecule has 0 spiro atoms. The quantitative estimate of drug-likeness (QED) is 0.293. The lowest BCUT2D eigenvalue weighted by molar-refractivity contribution is 0.203. The molecule has 1 unspecified atom stereocenters. The van der Waals surface area contributed by atoms with Crippen molar-refractivity contribution in [2.45, 2.75) is 13.3 Å². The summed E-state index contributed by atoms with van der Waals surface area (Å²) in [5.74, 6) is 1.44. The summed E-state index contributed by atoms with van der Waals surface area (Å²) in [5, 5.41) is 7.44. The molecule has 1 saturated heterocycles. The van der Waals surface area contributed by atoms with E-state index in [2.05, 4.69) is 39.6 Å². The van der Waals surface area contributed by atoms with Gasteiger partial charge in [-0.1, -0.05) is 17.7 Å². The number of aryl methyl sites for hydroxylation is 1. The molecule has 1 aliphatic heterocycles. The molecule has 1 atom stereocenters. The number of rotatable bonds is 6. The lowest BCUT2D eigenvalue weighted by Crippen LogP contribution is -2.41. The second kappa shape index (κ2) is 11.0. The molecule has 136 valence electrons. The smallest absolute Gasteiger partial charge is 0.191 e. The topological polar surface area (TPSA) is 48.9 Å². The molecule has 1 aliphatic rings. The molecule has 5 nitrogen and oxygen atoms in total. The maximum absolute atomic E-state index is 6.14. The highest BCUT2D eigenvalue weighted by atomic mass is 127. The van der Waals surface area contributed by atoms with Crippen molar-refractivity contribution in [3.05, 3.63) is 28.8 Å². The van der Waals surface area contributed by atoms with Crippen molar-refractivity contribution in [1.29, 1.82) is 0 Å². The minimum atomic E-state index is 0.